The second-order valence-corrected chi connectivity index (χ2v) is 7.84. The number of hydrogen-bond acceptors (Lipinski definition) is 7. The van der Waals surface area contributed by atoms with E-state index in [-0.39, 0.29) is 0 Å². The minimum Gasteiger partial charge on any atom is -0.480 e. The van der Waals surface area contributed by atoms with E-state index in [1.54, 1.807) is 49.6 Å². The fourth-order valence-electron chi connectivity index (χ4n) is 3.59. The van der Waals surface area contributed by atoms with Crippen molar-refractivity contribution in [2.45, 2.75) is 23.2 Å². The van der Waals surface area contributed by atoms with Crippen molar-refractivity contribution in [1.82, 2.24) is 20.3 Å². The molecule has 0 fully saturated rings. The minimum atomic E-state index is -0.989. The monoisotopic (exact) mass is 421 g/mol. The number of carbonyl (C=O) groups is 2. The molecule has 3 aromatic heterocycles. The van der Waals surface area contributed by atoms with Crippen LogP contribution >= 0.6 is 11.8 Å². The van der Waals surface area contributed by atoms with Crippen LogP contribution in [0.1, 0.15) is 17.3 Å². The van der Waals surface area contributed by atoms with Gasteiger partial charge in [-0.05, 0) is 25.1 Å². The second-order valence-electron chi connectivity index (χ2n) is 6.71. The van der Waals surface area contributed by atoms with E-state index in [2.05, 4.69) is 20.3 Å². The van der Waals surface area contributed by atoms with Gasteiger partial charge >= 0.3 is 12.0 Å². The number of amides is 2. The number of rotatable bonds is 4. The summed E-state index contributed by atoms with van der Waals surface area (Å²) >= 11 is 1.14. The lowest BCUT2D eigenvalue weighted by Gasteiger charge is -2.34. The molecule has 2 atom stereocenters. The molecule has 3 aromatic rings. The number of nitrogens with one attached hydrogen (secondary N) is 1. The van der Waals surface area contributed by atoms with E-state index < -0.39 is 23.3 Å². The molecular weight excluding hydrogens is 406 g/mol. The highest BCUT2D eigenvalue weighted by atomic mass is 32.2. The molecule has 2 aliphatic heterocycles. The lowest BCUT2D eigenvalue weighted by atomic mass is 10.0. The van der Waals surface area contributed by atoms with Crippen LogP contribution < -0.4 is 15.0 Å². The van der Waals surface area contributed by atoms with Gasteiger partial charge in [-0.1, -0.05) is 17.8 Å². The SMILES string of the molecule is Cc1nc(Oc2ccccn2)ccc1N1C(=O)NC2c3c1ccnc3SC2C(=O)O. The van der Waals surface area contributed by atoms with Gasteiger partial charge < -0.3 is 15.2 Å². The molecule has 2 aliphatic rings. The molecule has 0 saturated carbocycles. The lowest BCUT2D eigenvalue weighted by Crippen LogP contribution is -2.47. The molecule has 0 radical (unpaired) electrons. The summed E-state index contributed by atoms with van der Waals surface area (Å²) in [5.74, 6) is -0.220. The first kappa shape index (κ1) is 18.4. The first-order valence-electron chi connectivity index (χ1n) is 9.08. The number of thioether (sulfide) groups is 1. The molecule has 2 amide bonds. The normalized spacial score (nSPS) is 19.2. The highest BCUT2D eigenvalue weighted by Crippen LogP contribution is 2.50. The third-order valence-corrected chi connectivity index (χ3v) is 6.15. The third-order valence-electron chi connectivity index (χ3n) is 4.87. The van der Waals surface area contributed by atoms with Crippen molar-refractivity contribution >= 4 is 35.1 Å². The molecule has 5 heterocycles. The standard InChI is InChI=1S/C20H15N5O4S/c1-10-11(5-6-14(23-10)29-13-4-2-3-8-21-13)25-12-7-9-22-18-15(12)16(24-20(25)28)17(30-18)19(26)27/h2-9,16-17H,1H3,(H,24,28)(H,26,27). The molecule has 30 heavy (non-hydrogen) atoms. The zero-order valence-electron chi connectivity index (χ0n) is 15.6. The number of aliphatic carboxylic acids is 1. The highest BCUT2D eigenvalue weighted by molar-refractivity contribution is 8.00. The van der Waals surface area contributed by atoms with Gasteiger partial charge in [-0.15, -0.1) is 0 Å². The third kappa shape index (κ3) is 2.92. The maximum Gasteiger partial charge on any atom is 0.327 e. The Balaban J connectivity index is 1.53. The zero-order chi connectivity index (χ0) is 20.8. The molecule has 10 heteroatoms. The van der Waals surface area contributed by atoms with Crippen LogP contribution in [-0.2, 0) is 4.79 Å². The summed E-state index contributed by atoms with van der Waals surface area (Å²) < 4.78 is 5.66. The number of anilines is 2. The lowest BCUT2D eigenvalue weighted by molar-refractivity contribution is -0.136. The van der Waals surface area contributed by atoms with E-state index in [4.69, 9.17) is 4.74 Å². The summed E-state index contributed by atoms with van der Waals surface area (Å²) in [6.45, 7) is 1.77. The average molecular weight is 421 g/mol. The zero-order valence-corrected chi connectivity index (χ0v) is 16.5. The van der Waals surface area contributed by atoms with Crippen LogP contribution in [0.3, 0.4) is 0 Å². The van der Waals surface area contributed by atoms with Crippen molar-refractivity contribution in [3.05, 3.63) is 60.0 Å². The number of nitrogens with zero attached hydrogens (tertiary/aromatic N) is 4. The molecule has 5 rings (SSSR count). The van der Waals surface area contributed by atoms with Crippen LogP contribution in [0.4, 0.5) is 16.2 Å². The van der Waals surface area contributed by atoms with Crippen LogP contribution in [0.15, 0.2) is 53.8 Å². The smallest absolute Gasteiger partial charge is 0.327 e. The Bertz CT molecular complexity index is 1170. The fraction of sp³-hybridized carbons (Fsp3) is 0.150. The van der Waals surface area contributed by atoms with E-state index in [9.17, 15) is 14.7 Å². The number of pyridine rings is 3. The summed E-state index contributed by atoms with van der Waals surface area (Å²) in [6, 6.07) is 9.39. The number of carboxylic acid groups (broad SMARTS) is 1. The van der Waals surface area contributed by atoms with Crippen LogP contribution in [0.25, 0.3) is 0 Å². The first-order valence-corrected chi connectivity index (χ1v) is 9.96. The van der Waals surface area contributed by atoms with Crippen molar-refractivity contribution in [1.29, 1.82) is 0 Å². The Hall–Kier alpha value is -3.66. The largest absolute Gasteiger partial charge is 0.480 e. The summed E-state index contributed by atoms with van der Waals surface area (Å²) in [5, 5.41) is 12.1. The van der Waals surface area contributed by atoms with Crippen molar-refractivity contribution in [2.24, 2.45) is 0 Å². The average Bonchev–Trinajstić information content (AvgIpc) is 3.10. The molecule has 2 unspecified atom stereocenters. The van der Waals surface area contributed by atoms with Gasteiger partial charge in [-0.25, -0.2) is 19.7 Å². The van der Waals surface area contributed by atoms with E-state index in [1.807, 2.05) is 6.07 Å². The number of ether oxygens (including phenoxy) is 1. The molecule has 150 valence electrons. The molecule has 0 aliphatic carbocycles. The van der Waals surface area contributed by atoms with Crippen molar-refractivity contribution in [3.63, 3.8) is 0 Å². The Labute approximate surface area is 175 Å². The maximum absolute atomic E-state index is 13.0. The number of urea groups is 1. The van der Waals surface area contributed by atoms with Gasteiger partial charge in [0.05, 0.1) is 23.1 Å². The Morgan fingerprint density at radius 1 is 1.13 bits per heavy atom. The Morgan fingerprint density at radius 2 is 2.00 bits per heavy atom. The number of hydrogen-bond donors (Lipinski definition) is 2. The van der Waals surface area contributed by atoms with Gasteiger partial charge in [0.25, 0.3) is 0 Å². The predicted molar refractivity (Wildman–Crippen MR) is 108 cm³/mol. The second kappa shape index (κ2) is 6.99. The van der Waals surface area contributed by atoms with Gasteiger partial charge in [-0.2, -0.15) is 0 Å². The van der Waals surface area contributed by atoms with Gasteiger partial charge in [0.2, 0.25) is 11.8 Å². The fourth-order valence-corrected chi connectivity index (χ4v) is 4.75. The topological polar surface area (TPSA) is 118 Å². The first-order chi connectivity index (χ1) is 14.5. The number of carboxylic acids is 1. The molecule has 0 bridgehead atoms. The Kier molecular flexibility index (Phi) is 4.28. The van der Waals surface area contributed by atoms with Gasteiger partial charge in [0.15, 0.2) is 0 Å². The van der Waals surface area contributed by atoms with Crippen LogP contribution in [0, 0.1) is 6.92 Å². The molecular formula is C20H15N5O4S. The minimum absolute atomic E-state index is 0.353. The van der Waals surface area contributed by atoms with Gasteiger partial charge in [-0.3, -0.25) is 9.69 Å². The molecule has 0 saturated heterocycles. The quantitative estimate of drug-likeness (QED) is 0.658. The van der Waals surface area contributed by atoms with Crippen molar-refractivity contribution in [3.8, 4) is 11.8 Å². The number of aryl methyl sites for hydroxylation is 1. The molecule has 0 spiro atoms. The molecule has 0 aromatic carbocycles. The van der Waals surface area contributed by atoms with Crippen molar-refractivity contribution < 1.29 is 19.4 Å². The van der Waals surface area contributed by atoms with Gasteiger partial charge in [0, 0.05) is 30.1 Å². The molecule has 9 nitrogen and oxygen atoms in total. The number of carbonyl (C=O) groups excluding carboxylic acids is 1. The summed E-state index contributed by atoms with van der Waals surface area (Å²) in [7, 11) is 0. The van der Waals surface area contributed by atoms with E-state index in [0.717, 1.165) is 11.8 Å². The van der Waals surface area contributed by atoms with Crippen molar-refractivity contribution in [2.75, 3.05) is 4.90 Å². The maximum atomic E-state index is 13.0. The van der Waals surface area contributed by atoms with E-state index >= 15 is 0 Å². The molecule has 2 N–H and O–H groups in total. The van der Waals surface area contributed by atoms with E-state index in [1.165, 1.54) is 4.90 Å². The van der Waals surface area contributed by atoms with Crippen LogP contribution in [0.2, 0.25) is 0 Å². The summed E-state index contributed by atoms with van der Waals surface area (Å²) in [5.41, 5.74) is 2.45. The summed E-state index contributed by atoms with van der Waals surface area (Å²) in [6.07, 6.45) is 3.20. The van der Waals surface area contributed by atoms with E-state index in [0.29, 0.717) is 39.4 Å². The predicted octanol–water partition coefficient (Wildman–Crippen LogP) is 3.43. The van der Waals surface area contributed by atoms with Crippen LogP contribution in [-0.4, -0.2) is 37.3 Å². The number of aromatic nitrogens is 3. The highest BCUT2D eigenvalue weighted by Gasteiger charge is 2.46. The Morgan fingerprint density at radius 3 is 2.73 bits per heavy atom. The van der Waals surface area contributed by atoms with Gasteiger partial charge in [0.1, 0.15) is 10.3 Å². The van der Waals surface area contributed by atoms with Crippen LogP contribution in [0.5, 0.6) is 11.8 Å². The summed E-state index contributed by atoms with van der Waals surface area (Å²) in [4.78, 5) is 39.0.